The van der Waals surface area contributed by atoms with E-state index in [0.29, 0.717) is 25.8 Å². The fraction of sp³-hybridized carbons (Fsp3) is 0.895. The van der Waals surface area contributed by atoms with Gasteiger partial charge in [0.2, 0.25) is 11.8 Å². The summed E-state index contributed by atoms with van der Waals surface area (Å²) in [6.07, 6.45) is 15.3. The van der Waals surface area contributed by atoms with Crippen molar-refractivity contribution in [3.8, 4) is 0 Å². The molecule has 5 heteroatoms. The van der Waals surface area contributed by atoms with Crippen molar-refractivity contribution in [3.63, 3.8) is 0 Å². The SMILES string of the molecule is CCCCCCCCCCCCCC(=O)NC(=O)[C@@H](N)CCCN. The number of hydrogen-bond acceptors (Lipinski definition) is 4. The number of amides is 2. The predicted molar refractivity (Wildman–Crippen MR) is 100 cm³/mol. The number of hydrogen-bond donors (Lipinski definition) is 3. The van der Waals surface area contributed by atoms with Crippen molar-refractivity contribution in [2.24, 2.45) is 11.5 Å². The van der Waals surface area contributed by atoms with E-state index in [-0.39, 0.29) is 11.8 Å². The maximum atomic E-state index is 11.7. The lowest BCUT2D eigenvalue weighted by Crippen LogP contribution is -2.43. The van der Waals surface area contributed by atoms with E-state index in [1.165, 1.54) is 57.8 Å². The van der Waals surface area contributed by atoms with Crippen LogP contribution in [0.25, 0.3) is 0 Å². The summed E-state index contributed by atoms with van der Waals surface area (Å²) in [5.41, 5.74) is 11.1. The quantitative estimate of drug-likeness (QED) is 0.375. The molecular formula is C19H39N3O2. The summed E-state index contributed by atoms with van der Waals surface area (Å²) in [7, 11) is 0. The number of rotatable bonds is 16. The summed E-state index contributed by atoms with van der Waals surface area (Å²) in [5, 5.41) is 2.38. The third kappa shape index (κ3) is 14.6. The molecule has 0 fully saturated rings. The van der Waals surface area contributed by atoms with E-state index in [9.17, 15) is 9.59 Å². The molecule has 0 spiro atoms. The van der Waals surface area contributed by atoms with Gasteiger partial charge in [-0.3, -0.25) is 14.9 Å². The molecule has 0 aromatic heterocycles. The molecule has 5 N–H and O–H groups in total. The minimum Gasteiger partial charge on any atom is -0.330 e. The average Bonchev–Trinajstić information content (AvgIpc) is 2.57. The van der Waals surface area contributed by atoms with Crippen LogP contribution in [0.5, 0.6) is 0 Å². The molecule has 24 heavy (non-hydrogen) atoms. The van der Waals surface area contributed by atoms with Crippen LogP contribution >= 0.6 is 0 Å². The molecule has 0 aromatic rings. The summed E-state index contributed by atoms with van der Waals surface area (Å²) in [6, 6.07) is -0.630. The fourth-order valence-electron chi connectivity index (χ4n) is 2.71. The number of carbonyl (C=O) groups is 2. The summed E-state index contributed by atoms with van der Waals surface area (Å²) in [6.45, 7) is 2.75. The number of carbonyl (C=O) groups excluding carboxylic acids is 2. The third-order valence-corrected chi connectivity index (χ3v) is 4.33. The van der Waals surface area contributed by atoms with Gasteiger partial charge in [0.15, 0.2) is 0 Å². The molecule has 0 radical (unpaired) electrons. The van der Waals surface area contributed by atoms with E-state index in [2.05, 4.69) is 12.2 Å². The maximum Gasteiger partial charge on any atom is 0.243 e. The summed E-state index contributed by atoms with van der Waals surface area (Å²) in [4.78, 5) is 23.3. The fourth-order valence-corrected chi connectivity index (χ4v) is 2.71. The molecule has 0 aliphatic carbocycles. The molecular weight excluding hydrogens is 302 g/mol. The van der Waals surface area contributed by atoms with Crippen LogP contribution in [0.3, 0.4) is 0 Å². The number of imide groups is 1. The third-order valence-electron chi connectivity index (χ3n) is 4.33. The highest BCUT2D eigenvalue weighted by molar-refractivity contribution is 5.97. The zero-order valence-corrected chi connectivity index (χ0v) is 15.7. The maximum absolute atomic E-state index is 11.7. The van der Waals surface area contributed by atoms with Gasteiger partial charge in [0.05, 0.1) is 6.04 Å². The van der Waals surface area contributed by atoms with Crippen LogP contribution in [0.4, 0.5) is 0 Å². The Bertz CT molecular complexity index is 322. The second-order valence-corrected chi connectivity index (χ2v) is 6.74. The van der Waals surface area contributed by atoms with Crippen molar-refractivity contribution in [1.82, 2.24) is 5.32 Å². The highest BCUT2D eigenvalue weighted by atomic mass is 16.2. The molecule has 0 saturated carbocycles. The van der Waals surface area contributed by atoms with E-state index in [1.807, 2.05) is 0 Å². The van der Waals surface area contributed by atoms with Crippen molar-refractivity contribution < 1.29 is 9.59 Å². The van der Waals surface area contributed by atoms with Crippen molar-refractivity contribution in [3.05, 3.63) is 0 Å². The van der Waals surface area contributed by atoms with Crippen molar-refractivity contribution in [2.45, 2.75) is 103 Å². The zero-order chi connectivity index (χ0) is 18.0. The monoisotopic (exact) mass is 341 g/mol. The summed E-state index contributed by atoms with van der Waals surface area (Å²) < 4.78 is 0. The molecule has 0 bridgehead atoms. The van der Waals surface area contributed by atoms with Gasteiger partial charge in [-0.2, -0.15) is 0 Å². The molecule has 2 amide bonds. The molecule has 0 saturated heterocycles. The first-order valence-electron chi connectivity index (χ1n) is 9.91. The summed E-state index contributed by atoms with van der Waals surface area (Å²) in [5.74, 6) is -0.587. The second kappa shape index (κ2) is 16.9. The molecule has 0 aliphatic heterocycles. The molecule has 1 atom stereocenters. The molecule has 0 unspecified atom stereocenters. The topological polar surface area (TPSA) is 98.2 Å². The van der Waals surface area contributed by atoms with Gasteiger partial charge < -0.3 is 11.5 Å². The van der Waals surface area contributed by atoms with Gasteiger partial charge in [-0.25, -0.2) is 0 Å². The van der Waals surface area contributed by atoms with Crippen LogP contribution in [-0.4, -0.2) is 24.4 Å². The van der Waals surface area contributed by atoms with Crippen LogP contribution in [-0.2, 0) is 9.59 Å². The minimum atomic E-state index is -0.630. The average molecular weight is 342 g/mol. The largest absolute Gasteiger partial charge is 0.330 e. The van der Waals surface area contributed by atoms with Gasteiger partial charge >= 0.3 is 0 Å². The molecule has 0 aliphatic rings. The van der Waals surface area contributed by atoms with Gasteiger partial charge in [-0.1, -0.05) is 71.1 Å². The van der Waals surface area contributed by atoms with Crippen LogP contribution < -0.4 is 16.8 Å². The Balaban J connectivity index is 3.41. The lowest BCUT2D eigenvalue weighted by molar-refractivity contribution is -0.131. The Morgan fingerprint density at radius 2 is 1.33 bits per heavy atom. The van der Waals surface area contributed by atoms with E-state index in [4.69, 9.17) is 11.5 Å². The van der Waals surface area contributed by atoms with Gasteiger partial charge in [0.1, 0.15) is 0 Å². The van der Waals surface area contributed by atoms with E-state index in [1.54, 1.807) is 0 Å². The first kappa shape index (κ1) is 23.1. The van der Waals surface area contributed by atoms with E-state index < -0.39 is 6.04 Å². The van der Waals surface area contributed by atoms with E-state index >= 15 is 0 Å². The van der Waals surface area contributed by atoms with Crippen LogP contribution in [0, 0.1) is 0 Å². The van der Waals surface area contributed by atoms with Crippen LogP contribution in [0.1, 0.15) is 96.8 Å². The molecule has 0 heterocycles. The van der Waals surface area contributed by atoms with E-state index in [0.717, 1.165) is 12.8 Å². The number of nitrogens with one attached hydrogen (secondary N) is 1. The van der Waals surface area contributed by atoms with Gasteiger partial charge in [0.25, 0.3) is 0 Å². The molecule has 5 nitrogen and oxygen atoms in total. The summed E-state index contributed by atoms with van der Waals surface area (Å²) >= 11 is 0. The number of unbranched alkanes of at least 4 members (excludes halogenated alkanes) is 10. The van der Waals surface area contributed by atoms with Crippen LogP contribution in [0.15, 0.2) is 0 Å². The van der Waals surface area contributed by atoms with Crippen molar-refractivity contribution in [1.29, 1.82) is 0 Å². The highest BCUT2D eigenvalue weighted by Crippen LogP contribution is 2.11. The molecule has 0 aromatic carbocycles. The minimum absolute atomic E-state index is 0.209. The van der Waals surface area contributed by atoms with Gasteiger partial charge in [-0.15, -0.1) is 0 Å². The Morgan fingerprint density at radius 3 is 1.83 bits per heavy atom. The Morgan fingerprint density at radius 1 is 0.833 bits per heavy atom. The molecule has 0 rings (SSSR count). The van der Waals surface area contributed by atoms with Crippen molar-refractivity contribution >= 4 is 11.8 Å². The first-order valence-corrected chi connectivity index (χ1v) is 9.91. The predicted octanol–water partition coefficient (Wildman–Crippen LogP) is 3.40. The Labute approximate surface area is 148 Å². The van der Waals surface area contributed by atoms with Crippen LogP contribution in [0.2, 0.25) is 0 Å². The smallest absolute Gasteiger partial charge is 0.243 e. The normalized spacial score (nSPS) is 12.1. The Hall–Kier alpha value is -0.940. The second-order valence-electron chi connectivity index (χ2n) is 6.74. The highest BCUT2D eigenvalue weighted by Gasteiger charge is 2.15. The van der Waals surface area contributed by atoms with Gasteiger partial charge in [0, 0.05) is 6.42 Å². The zero-order valence-electron chi connectivity index (χ0n) is 15.7. The van der Waals surface area contributed by atoms with Crippen molar-refractivity contribution in [2.75, 3.05) is 6.54 Å². The Kier molecular flexibility index (Phi) is 16.2. The van der Waals surface area contributed by atoms with Gasteiger partial charge in [-0.05, 0) is 25.8 Å². The number of nitrogens with two attached hydrogens (primary N) is 2. The standard InChI is InChI=1S/C19H39N3O2/c1-2-3-4-5-6-7-8-9-10-11-12-15-18(23)22-19(24)17(21)14-13-16-20/h17H,2-16,20-21H2,1H3,(H,22,23,24)/t17-/m0/s1. The first-order chi connectivity index (χ1) is 11.6. The lowest BCUT2D eigenvalue weighted by Gasteiger charge is -2.10. The lowest BCUT2D eigenvalue weighted by atomic mass is 10.1. The molecule has 142 valence electrons.